The van der Waals surface area contributed by atoms with Gasteiger partial charge >= 0.3 is 18.1 Å². The number of amides is 2. The number of esters is 1. The van der Waals surface area contributed by atoms with Gasteiger partial charge in [-0.25, -0.2) is 4.79 Å². The molecule has 6 nitrogen and oxygen atoms in total. The standard InChI is InChI=1S/C26H30F3N2O4/c1-17(14-18-12-8-9-13-18)15-21(23(33)35-25(2,3)4)30-22(32)20(31-24(34)26(27,28)29)16-19-10-6-5-7-11-19/h5-14,20-21H,15-16H2,1-4H3,(H,30,32)(H,31,34)/b17-14+/t20-,21+/m0/s1. The highest BCUT2D eigenvalue weighted by molar-refractivity contribution is 5.92. The number of rotatable bonds is 9. The van der Waals surface area contributed by atoms with Crippen LogP contribution in [0.2, 0.25) is 0 Å². The number of hydrogen-bond donors (Lipinski definition) is 2. The van der Waals surface area contributed by atoms with Crippen LogP contribution in [0.5, 0.6) is 0 Å². The van der Waals surface area contributed by atoms with Gasteiger partial charge < -0.3 is 15.4 Å². The highest BCUT2D eigenvalue weighted by atomic mass is 19.4. The molecule has 0 saturated heterocycles. The molecule has 0 aromatic heterocycles. The van der Waals surface area contributed by atoms with Crippen LogP contribution in [0.4, 0.5) is 13.2 Å². The van der Waals surface area contributed by atoms with E-state index in [9.17, 15) is 27.6 Å². The van der Waals surface area contributed by atoms with E-state index in [1.165, 1.54) is 0 Å². The summed E-state index contributed by atoms with van der Waals surface area (Å²) in [6.07, 6.45) is 3.97. The molecule has 0 spiro atoms. The first-order chi connectivity index (χ1) is 16.2. The van der Waals surface area contributed by atoms with Crippen molar-refractivity contribution < 1.29 is 32.3 Å². The summed E-state index contributed by atoms with van der Waals surface area (Å²) in [7, 11) is 0. The van der Waals surface area contributed by atoms with Gasteiger partial charge in [-0.15, -0.1) is 0 Å². The molecule has 0 unspecified atom stereocenters. The fourth-order valence-corrected chi connectivity index (χ4v) is 3.29. The zero-order valence-corrected chi connectivity index (χ0v) is 20.1. The van der Waals surface area contributed by atoms with Gasteiger partial charge in [0.15, 0.2) is 0 Å². The van der Waals surface area contributed by atoms with Gasteiger partial charge in [-0.1, -0.05) is 42.0 Å². The summed E-state index contributed by atoms with van der Waals surface area (Å²) in [5, 5.41) is 4.24. The molecule has 1 aromatic carbocycles. The zero-order valence-electron chi connectivity index (χ0n) is 20.1. The van der Waals surface area contributed by atoms with Crippen molar-refractivity contribution in [2.45, 2.75) is 64.4 Å². The summed E-state index contributed by atoms with van der Waals surface area (Å²) in [6.45, 7) is 6.76. The van der Waals surface area contributed by atoms with Crippen LogP contribution in [0.3, 0.4) is 0 Å². The quantitative estimate of drug-likeness (QED) is 0.514. The summed E-state index contributed by atoms with van der Waals surface area (Å²) >= 11 is 0. The number of benzene rings is 1. The van der Waals surface area contributed by atoms with E-state index in [4.69, 9.17) is 4.74 Å². The number of hydrogen-bond acceptors (Lipinski definition) is 4. The average Bonchev–Trinajstić information content (AvgIpc) is 3.24. The third-order valence-electron chi connectivity index (χ3n) is 4.80. The van der Waals surface area contributed by atoms with Crippen molar-refractivity contribution in [3.63, 3.8) is 0 Å². The molecule has 189 valence electrons. The van der Waals surface area contributed by atoms with Crippen LogP contribution < -0.4 is 10.6 Å². The number of nitrogens with one attached hydrogen (secondary N) is 2. The minimum atomic E-state index is -5.17. The van der Waals surface area contributed by atoms with Gasteiger partial charge in [0.2, 0.25) is 5.91 Å². The zero-order chi connectivity index (χ0) is 26.2. The molecule has 1 aromatic rings. The first-order valence-corrected chi connectivity index (χ1v) is 11.1. The van der Waals surface area contributed by atoms with Gasteiger partial charge in [0.05, 0.1) is 0 Å². The highest BCUT2D eigenvalue weighted by Gasteiger charge is 2.41. The maximum Gasteiger partial charge on any atom is 0.471 e. The molecule has 1 saturated carbocycles. The van der Waals surface area contributed by atoms with Gasteiger partial charge in [-0.2, -0.15) is 13.2 Å². The Balaban J connectivity index is 2.24. The van der Waals surface area contributed by atoms with E-state index in [0.717, 1.165) is 11.5 Å². The maximum absolute atomic E-state index is 13.1. The Morgan fingerprint density at radius 3 is 2.11 bits per heavy atom. The number of carbonyl (C=O) groups is 3. The lowest BCUT2D eigenvalue weighted by Gasteiger charge is -2.27. The number of carbonyl (C=O) groups excluding carboxylic acids is 3. The molecule has 9 heteroatoms. The van der Waals surface area contributed by atoms with E-state index in [2.05, 4.69) is 5.32 Å². The molecule has 2 amide bonds. The van der Waals surface area contributed by atoms with Gasteiger partial charge in [-0.05, 0) is 65.4 Å². The van der Waals surface area contributed by atoms with E-state index in [1.807, 2.05) is 31.8 Å². The maximum atomic E-state index is 13.1. The summed E-state index contributed by atoms with van der Waals surface area (Å²) in [5.74, 6) is -3.00. The minimum absolute atomic E-state index is 0.0666. The van der Waals surface area contributed by atoms with Gasteiger partial charge in [-0.3, -0.25) is 9.59 Å². The predicted molar refractivity (Wildman–Crippen MR) is 125 cm³/mol. The monoisotopic (exact) mass is 491 g/mol. The Kier molecular flexibility index (Phi) is 9.92. The lowest BCUT2D eigenvalue weighted by molar-refractivity contribution is -0.174. The molecule has 2 N–H and O–H groups in total. The van der Waals surface area contributed by atoms with Crippen LogP contribution in [0.15, 0.2) is 42.0 Å². The summed E-state index contributed by atoms with van der Waals surface area (Å²) in [4.78, 5) is 37.5. The third kappa shape index (κ3) is 10.1. The van der Waals surface area contributed by atoms with E-state index < -0.39 is 41.6 Å². The number of halogens is 3. The van der Waals surface area contributed by atoms with Crippen molar-refractivity contribution in [2.24, 2.45) is 0 Å². The molecule has 35 heavy (non-hydrogen) atoms. The van der Waals surface area contributed by atoms with E-state index in [-0.39, 0.29) is 12.8 Å². The average molecular weight is 492 g/mol. The van der Waals surface area contributed by atoms with Gasteiger partial charge in [0.25, 0.3) is 0 Å². The molecule has 1 aliphatic rings. The Bertz CT molecular complexity index is 901. The van der Waals surface area contributed by atoms with Crippen LogP contribution in [0.25, 0.3) is 0 Å². The smallest absolute Gasteiger partial charge is 0.458 e. The Morgan fingerprint density at radius 1 is 0.971 bits per heavy atom. The first-order valence-electron chi connectivity index (χ1n) is 11.1. The molecule has 0 heterocycles. The molecule has 1 aliphatic carbocycles. The molecule has 0 aliphatic heterocycles. The SMILES string of the molecule is C/C(=C\[C]1[CH][CH][CH][CH]1)C[C@@H](NC(=O)[C@H](Cc1ccccc1)NC(=O)C(F)(F)F)C(=O)OC(C)(C)C. The fourth-order valence-electron chi connectivity index (χ4n) is 3.29. The lowest BCUT2D eigenvalue weighted by Crippen LogP contribution is -2.55. The molecular weight excluding hydrogens is 461 g/mol. The lowest BCUT2D eigenvalue weighted by atomic mass is 9.99. The molecule has 0 bridgehead atoms. The second-order valence-electron chi connectivity index (χ2n) is 9.22. The van der Waals surface area contributed by atoms with Crippen LogP contribution in [-0.2, 0) is 25.5 Å². The second-order valence-corrected chi connectivity index (χ2v) is 9.22. The largest absolute Gasteiger partial charge is 0.471 e. The van der Waals surface area contributed by atoms with Crippen molar-refractivity contribution >= 4 is 17.8 Å². The molecule has 2 atom stereocenters. The third-order valence-corrected chi connectivity index (χ3v) is 4.80. The van der Waals surface area contributed by atoms with Crippen molar-refractivity contribution in [2.75, 3.05) is 0 Å². The summed E-state index contributed by atoms with van der Waals surface area (Å²) in [5.41, 5.74) is 0.430. The Labute approximate surface area is 204 Å². The molecule has 5 radical (unpaired) electrons. The van der Waals surface area contributed by atoms with Gasteiger partial charge in [0.1, 0.15) is 17.7 Å². The van der Waals surface area contributed by atoms with Crippen LogP contribution in [0, 0.1) is 31.6 Å². The topological polar surface area (TPSA) is 84.5 Å². The van der Waals surface area contributed by atoms with Crippen molar-refractivity contribution in [1.82, 2.24) is 10.6 Å². The first kappa shape index (κ1) is 28.4. The van der Waals surface area contributed by atoms with Crippen molar-refractivity contribution in [3.8, 4) is 0 Å². The van der Waals surface area contributed by atoms with E-state index in [0.29, 0.717) is 5.56 Å². The Morgan fingerprint density at radius 2 is 1.57 bits per heavy atom. The Hall–Kier alpha value is -2.84. The van der Waals surface area contributed by atoms with Gasteiger partial charge in [0, 0.05) is 12.3 Å². The fraction of sp³-hybridized carbons (Fsp3) is 0.385. The molecular formula is C26H30F3N2O4. The number of ether oxygens (including phenoxy) is 1. The van der Waals surface area contributed by atoms with Crippen LogP contribution >= 0.6 is 0 Å². The normalized spacial score (nSPS) is 16.9. The highest BCUT2D eigenvalue weighted by Crippen LogP contribution is 2.26. The van der Waals surface area contributed by atoms with Crippen molar-refractivity contribution in [3.05, 3.63) is 79.1 Å². The van der Waals surface area contributed by atoms with Crippen LogP contribution in [0.1, 0.15) is 39.7 Å². The predicted octanol–water partition coefficient (Wildman–Crippen LogP) is 3.84. The summed E-state index contributed by atoms with van der Waals surface area (Å²) < 4.78 is 44.2. The van der Waals surface area contributed by atoms with Crippen LogP contribution in [-0.4, -0.2) is 41.6 Å². The van der Waals surface area contributed by atoms with E-state index in [1.54, 1.807) is 63.3 Å². The van der Waals surface area contributed by atoms with E-state index >= 15 is 0 Å². The second kappa shape index (κ2) is 12.2. The molecule has 1 fully saturated rings. The minimum Gasteiger partial charge on any atom is -0.458 e. The molecule has 2 rings (SSSR count). The number of alkyl halides is 3. The van der Waals surface area contributed by atoms with Crippen molar-refractivity contribution in [1.29, 1.82) is 0 Å². The summed E-state index contributed by atoms with van der Waals surface area (Å²) in [6, 6.07) is 5.56. The number of allylic oxidation sites excluding steroid dienone is 1.